The molecule has 1 N–H and O–H groups in total. The van der Waals surface area contributed by atoms with Crippen molar-refractivity contribution in [2.45, 2.75) is 64.8 Å². The van der Waals surface area contributed by atoms with Crippen LogP contribution < -0.4 is 14.2 Å². The number of amides is 1. The van der Waals surface area contributed by atoms with Crippen LogP contribution in [0.2, 0.25) is 0 Å². The Balaban J connectivity index is 1.39. The number of alkyl halides is 3. The van der Waals surface area contributed by atoms with Gasteiger partial charge in [-0.3, -0.25) is 0 Å². The third-order valence-corrected chi connectivity index (χ3v) is 15.9. The highest BCUT2D eigenvalue weighted by molar-refractivity contribution is 7.94. The van der Waals surface area contributed by atoms with Crippen LogP contribution >= 0.6 is 34.8 Å². The molecular formula is C47H47Cl3N8O9S2. The number of nitrogens with one attached hydrogen (secondary N) is 1. The van der Waals surface area contributed by atoms with E-state index < -0.39 is 50.4 Å². The fraction of sp³-hybridized carbons (Fsp3) is 0.298. The van der Waals surface area contributed by atoms with Crippen molar-refractivity contribution in [1.29, 1.82) is 0 Å². The second kappa shape index (κ2) is 19.4. The number of sulfone groups is 1. The lowest BCUT2D eigenvalue weighted by Gasteiger charge is -2.39. The number of imidazole rings is 1. The lowest BCUT2D eigenvalue weighted by Crippen LogP contribution is -2.57. The van der Waals surface area contributed by atoms with Crippen molar-refractivity contribution in [1.82, 2.24) is 39.4 Å². The SMILES string of the molecule is COc1ccc(CN(Cc2ccc(OC)cc2)S(=O)(=O)c2c(S(=O)(=O)C3CN(C(=O)OC(C)(C)C)C3)ccc(-c3cccc4[nH]c(C(Cl)(Cl)Cl)nc34)c2-c2nnn(Cc3ccc(OC)cc3)n2)cc1. The molecule has 1 saturated heterocycles. The first-order valence-electron chi connectivity index (χ1n) is 21.3. The summed E-state index contributed by atoms with van der Waals surface area (Å²) in [4.78, 5) is 22.1. The average Bonchev–Trinajstić information content (AvgIpc) is 3.96. The van der Waals surface area contributed by atoms with Crippen LogP contribution in [0.1, 0.15) is 43.3 Å². The Morgan fingerprint density at radius 2 is 1.30 bits per heavy atom. The van der Waals surface area contributed by atoms with Gasteiger partial charge >= 0.3 is 6.09 Å². The predicted molar refractivity (Wildman–Crippen MR) is 261 cm³/mol. The maximum atomic E-state index is 16.2. The minimum atomic E-state index is -4.99. The largest absolute Gasteiger partial charge is 0.497 e. The molecule has 0 atom stereocenters. The molecule has 0 aliphatic carbocycles. The van der Waals surface area contributed by atoms with Crippen LogP contribution in [-0.4, -0.2) is 108 Å². The van der Waals surface area contributed by atoms with Crippen LogP contribution in [-0.2, 0) is 48.0 Å². The van der Waals surface area contributed by atoms with E-state index in [9.17, 15) is 4.79 Å². The summed E-state index contributed by atoms with van der Waals surface area (Å²) in [5.41, 5.74) is 2.02. The summed E-state index contributed by atoms with van der Waals surface area (Å²) in [6, 6.07) is 28.6. The summed E-state index contributed by atoms with van der Waals surface area (Å²) in [7, 11) is -5.02. The number of halogens is 3. The maximum Gasteiger partial charge on any atom is 0.410 e. The highest BCUT2D eigenvalue weighted by Crippen LogP contribution is 2.45. The van der Waals surface area contributed by atoms with Gasteiger partial charge in [-0.25, -0.2) is 26.6 Å². The fourth-order valence-electron chi connectivity index (χ4n) is 7.69. The fourth-order valence-corrected chi connectivity index (χ4v) is 12.0. The molecule has 17 nitrogen and oxygen atoms in total. The molecule has 0 saturated carbocycles. The molecule has 1 aliphatic rings. The predicted octanol–water partition coefficient (Wildman–Crippen LogP) is 8.57. The van der Waals surface area contributed by atoms with Gasteiger partial charge in [-0.15, -0.1) is 10.2 Å². The normalized spacial score (nSPS) is 13.7. The number of fused-ring (bicyclic) bond motifs is 1. The van der Waals surface area contributed by atoms with E-state index in [1.165, 1.54) is 40.4 Å². The smallest absolute Gasteiger partial charge is 0.410 e. The van der Waals surface area contributed by atoms with Gasteiger partial charge in [-0.1, -0.05) is 89.4 Å². The first kappa shape index (κ1) is 49.5. The van der Waals surface area contributed by atoms with E-state index in [1.54, 1.807) is 107 Å². The van der Waals surface area contributed by atoms with E-state index in [4.69, 9.17) is 58.8 Å². The molecule has 3 heterocycles. The number of hydrogen-bond donors (Lipinski definition) is 1. The van der Waals surface area contributed by atoms with Crippen LogP contribution in [0, 0.1) is 0 Å². The minimum absolute atomic E-state index is 0.0169. The van der Waals surface area contributed by atoms with Crippen LogP contribution in [0.15, 0.2) is 113 Å². The summed E-state index contributed by atoms with van der Waals surface area (Å²) in [6.07, 6.45) is -0.706. The number of likely N-dealkylation sites (tertiary alicyclic amines) is 1. The van der Waals surface area contributed by atoms with Crippen molar-refractivity contribution in [3.05, 3.63) is 126 Å². The van der Waals surface area contributed by atoms with Crippen molar-refractivity contribution < 1.29 is 40.6 Å². The van der Waals surface area contributed by atoms with E-state index >= 15 is 16.8 Å². The number of aromatic nitrogens is 6. The molecule has 8 rings (SSSR count). The molecule has 0 bridgehead atoms. The van der Waals surface area contributed by atoms with Gasteiger partial charge in [-0.2, -0.15) is 9.10 Å². The number of ether oxygens (including phenoxy) is 4. The number of aromatic amines is 1. The summed E-state index contributed by atoms with van der Waals surface area (Å²) in [5.74, 6) is 1.48. The van der Waals surface area contributed by atoms with Gasteiger partial charge in [0.05, 0.1) is 49.4 Å². The Morgan fingerprint density at radius 1 is 0.754 bits per heavy atom. The maximum absolute atomic E-state index is 16.2. The number of carbonyl (C=O) groups excluding carboxylic acids is 1. The van der Waals surface area contributed by atoms with Crippen molar-refractivity contribution in [2.24, 2.45) is 0 Å². The Bertz CT molecular complexity index is 3180. The molecule has 1 amide bonds. The van der Waals surface area contributed by atoms with Gasteiger partial charge < -0.3 is 28.8 Å². The standard InChI is InChI=1S/C47H47Cl3N8O9S2/c1-46(2,3)67-45(59)56-27-35(28-56)68(60,61)39-23-22-36(37-8-7-9-38-41(37)52-44(51-38)47(48,49)50)40(43-53-55-58(54-43)26-31-14-20-34(66-6)21-15-31)42(39)69(62,63)57(24-29-10-16-32(64-4)17-11-29)25-30-12-18-33(65-5)19-13-30/h7-23,35H,24-28H2,1-6H3,(H,51,52). The molecule has 7 aromatic rings. The van der Waals surface area contributed by atoms with Gasteiger partial charge in [0.15, 0.2) is 15.7 Å². The topological polar surface area (TPSA) is 201 Å². The molecule has 0 radical (unpaired) electrons. The van der Waals surface area contributed by atoms with E-state index in [-0.39, 0.29) is 61.0 Å². The van der Waals surface area contributed by atoms with E-state index in [0.29, 0.717) is 39.5 Å². The number of nitrogens with zero attached hydrogens (tertiary/aromatic N) is 7. The lowest BCUT2D eigenvalue weighted by molar-refractivity contribution is 0.0139. The number of rotatable bonds is 15. The van der Waals surface area contributed by atoms with Gasteiger partial charge in [0, 0.05) is 31.7 Å². The van der Waals surface area contributed by atoms with E-state index in [0.717, 1.165) is 5.56 Å². The summed E-state index contributed by atoms with van der Waals surface area (Å²) < 4.78 is 83.7. The molecule has 1 aliphatic heterocycles. The van der Waals surface area contributed by atoms with Gasteiger partial charge in [-0.05, 0) is 96.8 Å². The Morgan fingerprint density at radius 3 is 1.83 bits per heavy atom. The Labute approximate surface area is 414 Å². The Hall–Kier alpha value is -5.96. The van der Waals surface area contributed by atoms with Gasteiger partial charge in [0.2, 0.25) is 19.6 Å². The third-order valence-electron chi connectivity index (χ3n) is 11.2. The molecule has 1 fully saturated rings. The zero-order valence-electron chi connectivity index (χ0n) is 38.2. The number of tetrazole rings is 1. The van der Waals surface area contributed by atoms with Crippen molar-refractivity contribution >= 4 is 71.8 Å². The quantitative estimate of drug-likeness (QED) is 0.0959. The highest BCUT2D eigenvalue weighted by Gasteiger charge is 2.46. The van der Waals surface area contributed by atoms with Gasteiger partial charge in [0.1, 0.15) is 33.0 Å². The van der Waals surface area contributed by atoms with Gasteiger partial charge in [0.25, 0.3) is 0 Å². The first-order chi connectivity index (χ1) is 32.7. The number of para-hydroxylation sites is 1. The van der Waals surface area contributed by atoms with Crippen LogP contribution in [0.5, 0.6) is 17.2 Å². The molecule has 5 aromatic carbocycles. The van der Waals surface area contributed by atoms with Crippen LogP contribution in [0.4, 0.5) is 4.79 Å². The van der Waals surface area contributed by atoms with Crippen molar-refractivity contribution in [3.8, 4) is 39.8 Å². The molecule has 0 spiro atoms. The number of carbonyl (C=O) groups is 1. The summed E-state index contributed by atoms with van der Waals surface area (Å²) in [5, 5.41) is 12.3. The van der Waals surface area contributed by atoms with E-state index in [2.05, 4.69) is 20.3 Å². The Kier molecular flexibility index (Phi) is 13.9. The van der Waals surface area contributed by atoms with Crippen LogP contribution in [0.3, 0.4) is 0 Å². The molecule has 362 valence electrons. The summed E-state index contributed by atoms with van der Waals surface area (Å²) >= 11 is 18.9. The lowest BCUT2D eigenvalue weighted by atomic mass is 9.98. The zero-order chi connectivity index (χ0) is 49.5. The first-order valence-corrected chi connectivity index (χ1v) is 25.4. The number of sulfonamides is 1. The summed E-state index contributed by atoms with van der Waals surface area (Å²) in [6.45, 7) is 4.21. The van der Waals surface area contributed by atoms with Crippen molar-refractivity contribution in [2.75, 3.05) is 34.4 Å². The minimum Gasteiger partial charge on any atom is -0.497 e. The second-order valence-electron chi connectivity index (χ2n) is 17.1. The molecule has 69 heavy (non-hydrogen) atoms. The molecule has 2 aromatic heterocycles. The highest BCUT2D eigenvalue weighted by atomic mass is 35.6. The van der Waals surface area contributed by atoms with E-state index in [1.807, 2.05) is 12.1 Å². The number of methoxy groups -OCH3 is 3. The monoisotopic (exact) mass is 1040 g/mol. The molecular weight excluding hydrogens is 991 g/mol. The third kappa shape index (κ3) is 10.6. The zero-order valence-corrected chi connectivity index (χ0v) is 42.1. The average molecular weight is 1040 g/mol. The number of H-pyrrole nitrogens is 1. The second-order valence-corrected chi connectivity index (χ2v) is 23.5. The number of hydrogen-bond acceptors (Lipinski definition) is 13. The van der Waals surface area contributed by atoms with Crippen LogP contribution in [0.25, 0.3) is 33.5 Å². The number of benzene rings is 5. The molecule has 0 unspecified atom stereocenters. The molecule has 22 heteroatoms. The van der Waals surface area contributed by atoms with Crippen molar-refractivity contribution in [3.63, 3.8) is 0 Å².